The SMILES string of the molecule is COCCOC1C(Br)CC1Oc1ccc(C)cc1Br. The lowest BCUT2D eigenvalue weighted by Crippen LogP contribution is -2.52. The van der Waals surface area contributed by atoms with Crippen molar-refractivity contribution in [2.75, 3.05) is 20.3 Å². The van der Waals surface area contributed by atoms with Crippen LogP contribution in [0.25, 0.3) is 0 Å². The van der Waals surface area contributed by atoms with E-state index in [-0.39, 0.29) is 12.2 Å². The zero-order chi connectivity index (χ0) is 13.8. The van der Waals surface area contributed by atoms with Gasteiger partial charge in [-0.05, 0) is 40.5 Å². The number of aryl methyl sites for hydroxylation is 1. The molecule has 1 aliphatic carbocycles. The van der Waals surface area contributed by atoms with Crippen LogP contribution in [-0.4, -0.2) is 37.4 Å². The topological polar surface area (TPSA) is 27.7 Å². The highest BCUT2D eigenvalue weighted by atomic mass is 79.9. The Morgan fingerprint density at radius 3 is 2.74 bits per heavy atom. The van der Waals surface area contributed by atoms with Crippen LogP contribution in [0.4, 0.5) is 0 Å². The van der Waals surface area contributed by atoms with Gasteiger partial charge in [0.05, 0.1) is 17.7 Å². The first kappa shape index (κ1) is 15.3. The van der Waals surface area contributed by atoms with Crippen molar-refractivity contribution >= 4 is 31.9 Å². The highest BCUT2D eigenvalue weighted by Gasteiger charge is 2.42. The molecule has 0 heterocycles. The van der Waals surface area contributed by atoms with Crippen LogP contribution in [-0.2, 0) is 9.47 Å². The summed E-state index contributed by atoms with van der Waals surface area (Å²) in [6.07, 6.45) is 1.14. The lowest BCUT2D eigenvalue weighted by atomic mass is 9.91. The lowest BCUT2D eigenvalue weighted by molar-refractivity contribution is -0.0867. The van der Waals surface area contributed by atoms with Gasteiger partial charge in [0.25, 0.3) is 0 Å². The van der Waals surface area contributed by atoms with Gasteiger partial charge in [-0.25, -0.2) is 0 Å². The van der Waals surface area contributed by atoms with Crippen molar-refractivity contribution in [3.63, 3.8) is 0 Å². The summed E-state index contributed by atoms with van der Waals surface area (Å²) >= 11 is 7.14. The molecule has 0 saturated heterocycles. The number of hydrogen-bond donors (Lipinski definition) is 0. The summed E-state index contributed by atoms with van der Waals surface area (Å²) in [4.78, 5) is 0.360. The number of rotatable bonds is 6. The summed E-state index contributed by atoms with van der Waals surface area (Å²) in [7, 11) is 1.67. The Bertz CT molecular complexity index is 425. The van der Waals surface area contributed by atoms with Crippen LogP contribution in [0, 0.1) is 6.92 Å². The number of methoxy groups -OCH3 is 1. The summed E-state index contributed by atoms with van der Waals surface area (Å²) in [5, 5.41) is 0. The van der Waals surface area contributed by atoms with E-state index in [1.54, 1.807) is 7.11 Å². The van der Waals surface area contributed by atoms with Crippen molar-refractivity contribution in [2.45, 2.75) is 30.4 Å². The Morgan fingerprint density at radius 2 is 2.11 bits per heavy atom. The molecule has 0 aromatic heterocycles. The first-order valence-electron chi connectivity index (χ1n) is 6.29. The minimum atomic E-state index is 0.0864. The van der Waals surface area contributed by atoms with E-state index in [4.69, 9.17) is 14.2 Å². The third kappa shape index (κ3) is 3.94. The standard InChI is InChI=1S/C14H18Br2O3/c1-9-3-4-12(10(15)7-9)19-13-8-11(16)14(13)18-6-5-17-2/h3-4,7,11,13-14H,5-6,8H2,1-2H3. The lowest BCUT2D eigenvalue weighted by Gasteiger charge is -2.41. The first-order chi connectivity index (χ1) is 9.11. The third-order valence-electron chi connectivity index (χ3n) is 3.14. The normalized spacial score (nSPS) is 26.0. The molecular weight excluding hydrogens is 376 g/mol. The quantitative estimate of drug-likeness (QED) is 0.544. The van der Waals surface area contributed by atoms with Gasteiger partial charge in [0.2, 0.25) is 0 Å². The third-order valence-corrected chi connectivity index (χ3v) is 4.66. The largest absolute Gasteiger partial charge is 0.486 e. The van der Waals surface area contributed by atoms with Crippen molar-refractivity contribution in [3.8, 4) is 5.75 Å². The van der Waals surface area contributed by atoms with Crippen molar-refractivity contribution in [1.29, 1.82) is 0 Å². The van der Waals surface area contributed by atoms with Gasteiger partial charge in [0.1, 0.15) is 18.0 Å². The number of halogens is 2. The van der Waals surface area contributed by atoms with Gasteiger partial charge in [0.15, 0.2) is 0 Å². The maximum Gasteiger partial charge on any atom is 0.134 e. The molecule has 106 valence electrons. The van der Waals surface area contributed by atoms with Crippen LogP contribution >= 0.6 is 31.9 Å². The Kier molecular flexibility index (Phi) is 5.69. The second-order valence-electron chi connectivity index (χ2n) is 4.67. The Hall–Kier alpha value is -0.100. The van der Waals surface area contributed by atoms with Crippen LogP contribution in [0.1, 0.15) is 12.0 Å². The van der Waals surface area contributed by atoms with Crippen molar-refractivity contribution in [1.82, 2.24) is 0 Å². The van der Waals surface area contributed by atoms with Gasteiger partial charge in [-0.1, -0.05) is 22.0 Å². The molecule has 0 spiro atoms. The predicted octanol–water partition coefficient (Wildman–Crippen LogP) is 3.70. The minimum absolute atomic E-state index is 0.0864. The summed E-state index contributed by atoms with van der Waals surface area (Å²) in [5.41, 5.74) is 1.21. The molecule has 0 N–H and O–H groups in total. The van der Waals surface area contributed by atoms with Gasteiger partial charge in [-0.15, -0.1) is 0 Å². The van der Waals surface area contributed by atoms with Gasteiger partial charge in [-0.3, -0.25) is 0 Å². The molecule has 0 bridgehead atoms. The van der Waals surface area contributed by atoms with E-state index >= 15 is 0 Å². The van der Waals surface area contributed by atoms with E-state index in [0.29, 0.717) is 18.0 Å². The molecule has 1 aliphatic rings. The van der Waals surface area contributed by atoms with Crippen molar-refractivity contribution in [3.05, 3.63) is 28.2 Å². The zero-order valence-electron chi connectivity index (χ0n) is 11.1. The van der Waals surface area contributed by atoms with Crippen LogP contribution in [0.15, 0.2) is 22.7 Å². The van der Waals surface area contributed by atoms with Crippen LogP contribution in [0.5, 0.6) is 5.75 Å². The van der Waals surface area contributed by atoms with Gasteiger partial charge in [-0.2, -0.15) is 0 Å². The summed E-state index contributed by atoms with van der Waals surface area (Å²) < 4.78 is 17.8. The van der Waals surface area contributed by atoms with E-state index in [9.17, 15) is 0 Å². The van der Waals surface area contributed by atoms with E-state index in [1.807, 2.05) is 12.1 Å². The molecule has 3 nitrogen and oxygen atoms in total. The summed E-state index contributed by atoms with van der Waals surface area (Å²) in [5.74, 6) is 0.871. The zero-order valence-corrected chi connectivity index (χ0v) is 14.2. The van der Waals surface area contributed by atoms with Crippen LogP contribution in [0.3, 0.4) is 0 Å². The number of hydrogen-bond acceptors (Lipinski definition) is 3. The van der Waals surface area contributed by atoms with Gasteiger partial charge in [0, 0.05) is 18.4 Å². The molecule has 0 amide bonds. The van der Waals surface area contributed by atoms with E-state index in [1.165, 1.54) is 5.56 Å². The average molecular weight is 394 g/mol. The van der Waals surface area contributed by atoms with Crippen molar-refractivity contribution in [2.24, 2.45) is 0 Å². The fourth-order valence-electron chi connectivity index (χ4n) is 1.99. The molecule has 0 radical (unpaired) electrons. The molecule has 5 heteroatoms. The molecule has 1 aromatic carbocycles. The maximum absolute atomic E-state index is 6.01. The predicted molar refractivity (Wildman–Crippen MR) is 82.2 cm³/mol. The maximum atomic E-state index is 6.01. The van der Waals surface area contributed by atoms with Crippen molar-refractivity contribution < 1.29 is 14.2 Å². The molecular formula is C14H18Br2O3. The summed E-state index contributed by atoms with van der Waals surface area (Å²) in [6.45, 7) is 3.26. The number of ether oxygens (including phenoxy) is 3. The minimum Gasteiger partial charge on any atom is -0.486 e. The average Bonchev–Trinajstić information content (AvgIpc) is 2.37. The van der Waals surface area contributed by atoms with E-state index in [2.05, 4.69) is 44.8 Å². The highest BCUT2D eigenvalue weighted by molar-refractivity contribution is 9.10. The first-order valence-corrected chi connectivity index (χ1v) is 8.00. The molecule has 3 unspecified atom stereocenters. The Balaban J connectivity index is 1.91. The molecule has 3 atom stereocenters. The summed E-state index contributed by atoms with van der Waals surface area (Å²) in [6, 6.07) is 6.10. The highest BCUT2D eigenvalue weighted by Crippen LogP contribution is 2.36. The fourth-order valence-corrected chi connectivity index (χ4v) is 3.43. The number of alkyl halides is 1. The smallest absolute Gasteiger partial charge is 0.134 e. The monoisotopic (exact) mass is 392 g/mol. The second kappa shape index (κ2) is 7.07. The molecule has 2 rings (SSSR count). The van der Waals surface area contributed by atoms with E-state index < -0.39 is 0 Å². The second-order valence-corrected chi connectivity index (χ2v) is 6.70. The Labute approximate surface area is 130 Å². The van der Waals surface area contributed by atoms with Gasteiger partial charge >= 0.3 is 0 Å². The molecule has 1 fully saturated rings. The molecule has 1 saturated carbocycles. The van der Waals surface area contributed by atoms with Crippen LogP contribution < -0.4 is 4.74 Å². The molecule has 0 aliphatic heterocycles. The fraction of sp³-hybridized carbons (Fsp3) is 0.571. The van der Waals surface area contributed by atoms with Gasteiger partial charge < -0.3 is 14.2 Å². The number of benzene rings is 1. The Morgan fingerprint density at radius 1 is 1.32 bits per heavy atom. The van der Waals surface area contributed by atoms with Crippen LogP contribution in [0.2, 0.25) is 0 Å². The van der Waals surface area contributed by atoms with E-state index in [0.717, 1.165) is 16.6 Å². The molecule has 19 heavy (non-hydrogen) atoms. The molecule has 1 aromatic rings.